The molecule has 4 aromatic rings. The Morgan fingerprint density at radius 3 is 2.21 bits per heavy atom. The molecule has 0 amide bonds. The fraction of sp³-hybridized carbons (Fsp3) is 0.364. The zero-order valence-corrected chi connectivity index (χ0v) is 22.5. The summed E-state index contributed by atoms with van der Waals surface area (Å²) in [5.41, 5.74) is 7.15. The Bertz CT molecular complexity index is 1360. The molecule has 1 aromatic heterocycles. The van der Waals surface area contributed by atoms with Gasteiger partial charge in [0.15, 0.2) is 5.79 Å². The Morgan fingerprint density at radius 1 is 0.846 bits per heavy atom. The van der Waals surface area contributed by atoms with Gasteiger partial charge in [-0.3, -0.25) is 0 Å². The highest BCUT2D eigenvalue weighted by atomic mass is 16.7. The molecule has 1 spiro atoms. The van der Waals surface area contributed by atoms with E-state index < -0.39 is 5.79 Å². The molecule has 2 heterocycles. The second-order valence-corrected chi connectivity index (χ2v) is 10.9. The van der Waals surface area contributed by atoms with Crippen LogP contribution in [0, 0.1) is 6.92 Å². The van der Waals surface area contributed by atoms with Crippen molar-refractivity contribution < 1.29 is 19.3 Å². The first-order valence-electron chi connectivity index (χ1n) is 13.9. The SMILES string of the molecule is Cc1ccc(-c2cc(C3(COCc4ccccc4)CCC4(CC3)OCCO4)nn2-c2ccc(CO)cc2)cc1. The number of aromatic nitrogens is 2. The van der Waals surface area contributed by atoms with E-state index in [0.717, 1.165) is 59.4 Å². The molecule has 202 valence electrons. The molecule has 0 radical (unpaired) electrons. The van der Waals surface area contributed by atoms with E-state index in [2.05, 4.69) is 49.4 Å². The van der Waals surface area contributed by atoms with Gasteiger partial charge in [0.1, 0.15) is 0 Å². The lowest BCUT2D eigenvalue weighted by atomic mass is 9.70. The third-order valence-corrected chi connectivity index (χ3v) is 8.24. The van der Waals surface area contributed by atoms with Crippen molar-refractivity contribution in [1.29, 1.82) is 0 Å². The number of hydrogen-bond donors (Lipinski definition) is 1. The molecule has 3 aromatic carbocycles. The Balaban J connectivity index is 1.37. The summed E-state index contributed by atoms with van der Waals surface area (Å²) in [5, 5.41) is 14.8. The normalized spacial score (nSPS) is 18.0. The van der Waals surface area contributed by atoms with Crippen molar-refractivity contribution in [1.82, 2.24) is 9.78 Å². The summed E-state index contributed by atoms with van der Waals surface area (Å²) >= 11 is 0. The first-order valence-corrected chi connectivity index (χ1v) is 13.9. The van der Waals surface area contributed by atoms with Gasteiger partial charge in [0.05, 0.1) is 50.1 Å². The first kappa shape index (κ1) is 26.0. The average Bonchev–Trinajstić information content (AvgIpc) is 3.64. The minimum Gasteiger partial charge on any atom is -0.392 e. The molecule has 1 N–H and O–H groups in total. The van der Waals surface area contributed by atoms with Gasteiger partial charge in [-0.1, -0.05) is 72.3 Å². The molecule has 1 aliphatic heterocycles. The van der Waals surface area contributed by atoms with E-state index in [1.807, 2.05) is 47.1 Å². The maximum Gasteiger partial charge on any atom is 0.168 e. The standard InChI is InChI=1S/C33H36N2O4/c1-25-7-11-28(12-8-25)30-21-31(34-35(30)29-13-9-26(22-36)10-14-29)32(24-37-23-27-5-3-2-4-6-27)15-17-33(18-16-32)38-19-20-39-33/h2-14,21,36H,15-20,22-24H2,1H3. The number of aliphatic hydroxyl groups excluding tert-OH is 1. The molecular weight excluding hydrogens is 488 g/mol. The predicted molar refractivity (Wildman–Crippen MR) is 151 cm³/mol. The Kier molecular flexibility index (Phi) is 7.36. The highest BCUT2D eigenvalue weighted by Crippen LogP contribution is 2.47. The summed E-state index contributed by atoms with van der Waals surface area (Å²) in [5.74, 6) is -0.467. The van der Waals surface area contributed by atoms with Crippen molar-refractivity contribution in [2.45, 2.75) is 57.0 Å². The molecule has 1 saturated heterocycles. The molecule has 39 heavy (non-hydrogen) atoms. The molecule has 1 saturated carbocycles. The monoisotopic (exact) mass is 524 g/mol. The van der Waals surface area contributed by atoms with Gasteiger partial charge in [-0.25, -0.2) is 4.68 Å². The van der Waals surface area contributed by atoms with E-state index in [9.17, 15) is 5.11 Å². The highest BCUT2D eigenvalue weighted by Gasteiger charge is 2.48. The van der Waals surface area contributed by atoms with Crippen LogP contribution in [0.3, 0.4) is 0 Å². The van der Waals surface area contributed by atoms with E-state index >= 15 is 0 Å². The molecule has 6 nitrogen and oxygen atoms in total. The van der Waals surface area contributed by atoms with Gasteiger partial charge < -0.3 is 19.3 Å². The lowest BCUT2D eigenvalue weighted by Gasteiger charge is -2.42. The number of rotatable bonds is 8. The summed E-state index contributed by atoms with van der Waals surface area (Å²) in [6, 6.07) is 29.1. The number of nitrogens with zero attached hydrogens (tertiary/aromatic N) is 2. The number of aliphatic hydroxyl groups is 1. The van der Waals surface area contributed by atoms with Gasteiger partial charge in [0.2, 0.25) is 0 Å². The smallest absolute Gasteiger partial charge is 0.168 e. The van der Waals surface area contributed by atoms with Crippen molar-refractivity contribution in [3.8, 4) is 16.9 Å². The van der Waals surface area contributed by atoms with E-state index in [0.29, 0.717) is 26.4 Å². The quantitative estimate of drug-likeness (QED) is 0.301. The number of ether oxygens (including phenoxy) is 3. The maximum atomic E-state index is 9.56. The predicted octanol–water partition coefficient (Wildman–Crippen LogP) is 6.11. The zero-order chi connectivity index (χ0) is 26.7. The summed E-state index contributed by atoms with van der Waals surface area (Å²) in [6.45, 7) is 4.58. The fourth-order valence-electron chi connectivity index (χ4n) is 5.82. The Morgan fingerprint density at radius 2 is 1.54 bits per heavy atom. The number of aryl methyl sites for hydroxylation is 1. The van der Waals surface area contributed by atoms with Gasteiger partial charge in [-0.2, -0.15) is 5.10 Å². The summed E-state index contributed by atoms with van der Waals surface area (Å²) in [4.78, 5) is 0. The third-order valence-electron chi connectivity index (χ3n) is 8.24. The van der Waals surface area contributed by atoms with Crippen LogP contribution in [-0.4, -0.2) is 40.5 Å². The molecule has 2 fully saturated rings. The molecule has 6 rings (SSSR count). The van der Waals surface area contributed by atoms with Crippen LogP contribution < -0.4 is 0 Å². The van der Waals surface area contributed by atoms with Crippen molar-refractivity contribution in [2.75, 3.05) is 19.8 Å². The lowest BCUT2D eigenvalue weighted by molar-refractivity contribution is -0.188. The van der Waals surface area contributed by atoms with E-state index in [1.165, 1.54) is 5.56 Å². The number of hydrogen-bond acceptors (Lipinski definition) is 5. The molecular formula is C33H36N2O4. The molecule has 6 heteroatoms. The summed E-state index contributed by atoms with van der Waals surface area (Å²) in [7, 11) is 0. The number of benzene rings is 3. The van der Waals surface area contributed by atoms with Gasteiger partial charge in [-0.15, -0.1) is 0 Å². The molecule has 2 aliphatic rings. The molecule has 0 unspecified atom stereocenters. The highest BCUT2D eigenvalue weighted by molar-refractivity contribution is 5.63. The van der Waals surface area contributed by atoms with E-state index in [4.69, 9.17) is 19.3 Å². The van der Waals surface area contributed by atoms with Crippen LogP contribution in [0.4, 0.5) is 0 Å². The summed E-state index contributed by atoms with van der Waals surface area (Å²) in [6.07, 6.45) is 3.38. The molecule has 0 atom stereocenters. The third kappa shape index (κ3) is 5.43. The van der Waals surface area contributed by atoms with Crippen LogP contribution in [0.25, 0.3) is 16.9 Å². The van der Waals surface area contributed by atoms with Crippen LogP contribution in [0.1, 0.15) is 48.1 Å². The second kappa shape index (κ2) is 11.1. The zero-order valence-electron chi connectivity index (χ0n) is 22.5. The second-order valence-electron chi connectivity index (χ2n) is 10.9. The fourth-order valence-corrected chi connectivity index (χ4v) is 5.82. The largest absolute Gasteiger partial charge is 0.392 e. The van der Waals surface area contributed by atoms with E-state index in [1.54, 1.807) is 0 Å². The van der Waals surface area contributed by atoms with Crippen LogP contribution in [0.5, 0.6) is 0 Å². The lowest BCUT2D eigenvalue weighted by Crippen LogP contribution is -2.44. The van der Waals surface area contributed by atoms with Crippen LogP contribution >= 0.6 is 0 Å². The minimum atomic E-state index is -0.467. The maximum absolute atomic E-state index is 9.56. The first-order chi connectivity index (χ1) is 19.1. The minimum absolute atomic E-state index is 0.0171. The Labute approximate surface area is 230 Å². The van der Waals surface area contributed by atoms with Gasteiger partial charge in [-0.05, 0) is 49.1 Å². The van der Waals surface area contributed by atoms with Crippen molar-refractivity contribution >= 4 is 0 Å². The van der Waals surface area contributed by atoms with Crippen molar-refractivity contribution in [2.24, 2.45) is 0 Å². The molecule has 1 aliphatic carbocycles. The van der Waals surface area contributed by atoms with Gasteiger partial charge in [0, 0.05) is 23.8 Å². The van der Waals surface area contributed by atoms with Crippen LogP contribution in [0.15, 0.2) is 84.9 Å². The van der Waals surface area contributed by atoms with Crippen LogP contribution in [-0.2, 0) is 32.8 Å². The average molecular weight is 525 g/mol. The Hall–Kier alpha value is -3.29. The van der Waals surface area contributed by atoms with E-state index in [-0.39, 0.29) is 12.0 Å². The van der Waals surface area contributed by atoms with Crippen molar-refractivity contribution in [3.05, 3.63) is 107 Å². The van der Waals surface area contributed by atoms with Gasteiger partial charge in [0.25, 0.3) is 0 Å². The van der Waals surface area contributed by atoms with Gasteiger partial charge >= 0.3 is 0 Å². The van der Waals surface area contributed by atoms with Crippen LogP contribution in [0.2, 0.25) is 0 Å². The summed E-state index contributed by atoms with van der Waals surface area (Å²) < 4.78 is 20.6. The molecule has 0 bridgehead atoms. The van der Waals surface area contributed by atoms with Crippen molar-refractivity contribution in [3.63, 3.8) is 0 Å². The topological polar surface area (TPSA) is 65.7 Å².